The van der Waals surface area contributed by atoms with Gasteiger partial charge in [-0.1, -0.05) is 42.0 Å². The predicted octanol–water partition coefficient (Wildman–Crippen LogP) is 3.74. The molecule has 0 aliphatic rings. The van der Waals surface area contributed by atoms with Crippen LogP contribution in [0.1, 0.15) is 16.7 Å². The number of benzene rings is 2. The molecule has 0 bridgehead atoms. The number of aromatic nitrogens is 1. The molecule has 4 heteroatoms. The molecule has 0 saturated carbocycles. The second-order valence-corrected chi connectivity index (χ2v) is 6.18. The van der Waals surface area contributed by atoms with E-state index in [2.05, 4.69) is 13.0 Å². The van der Waals surface area contributed by atoms with Gasteiger partial charge in [-0.15, -0.1) is 0 Å². The quantitative estimate of drug-likeness (QED) is 0.318. The van der Waals surface area contributed by atoms with Crippen molar-refractivity contribution in [2.24, 2.45) is 0 Å². The van der Waals surface area contributed by atoms with E-state index in [0.29, 0.717) is 6.54 Å². The third kappa shape index (κ3) is 3.54. The molecule has 4 nitrogen and oxygen atoms in total. The molecule has 122 valence electrons. The van der Waals surface area contributed by atoms with Crippen LogP contribution >= 0.6 is 0 Å². The van der Waals surface area contributed by atoms with Crippen molar-refractivity contribution in [2.45, 2.75) is 13.5 Å². The molecule has 0 saturated heterocycles. The van der Waals surface area contributed by atoms with Crippen LogP contribution in [0.15, 0.2) is 54.6 Å². The fraction of sp³-hybridized carbons (Fsp3) is 0.200. The number of nitrogens with zero attached hydrogens (tertiary/aromatic N) is 3. The molecule has 1 aromatic heterocycles. The van der Waals surface area contributed by atoms with Crippen molar-refractivity contribution in [3.63, 3.8) is 0 Å². The SMILES string of the molecule is Cc1ccc2nc(N(C)C)c(C=[N+]([O-])Cc3ccccc3)cc2c1. The first-order valence-corrected chi connectivity index (χ1v) is 7.94. The number of anilines is 1. The number of pyridine rings is 1. The molecule has 1 heterocycles. The number of fused-ring (bicyclic) bond motifs is 1. The lowest BCUT2D eigenvalue weighted by Gasteiger charge is -2.15. The van der Waals surface area contributed by atoms with E-state index in [0.717, 1.165) is 32.6 Å². The van der Waals surface area contributed by atoms with Crippen LogP contribution < -0.4 is 4.90 Å². The number of hydrogen-bond donors (Lipinski definition) is 0. The van der Waals surface area contributed by atoms with Gasteiger partial charge in [-0.3, -0.25) is 0 Å². The van der Waals surface area contributed by atoms with Crippen molar-refractivity contribution in [2.75, 3.05) is 19.0 Å². The third-order valence-corrected chi connectivity index (χ3v) is 3.87. The van der Waals surface area contributed by atoms with Gasteiger partial charge in [0.05, 0.1) is 11.1 Å². The van der Waals surface area contributed by atoms with Gasteiger partial charge in [0.2, 0.25) is 0 Å². The lowest BCUT2D eigenvalue weighted by molar-refractivity contribution is -0.469. The second kappa shape index (κ2) is 6.71. The molecule has 0 spiro atoms. The molecular weight excluding hydrogens is 298 g/mol. The van der Waals surface area contributed by atoms with Crippen molar-refractivity contribution >= 4 is 22.9 Å². The summed E-state index contributed by atoms with van der Waals surface area (Å²) in [5, 5.41) is 13.4. The fourth-order valence-electron chi connectivity index (χ4n) is 2.72. The van der Waals surface area contributed by atoms with Gasteiger partial charge in [-0.05, 0) is 25.1 Å². The summed E-state index contributed by atoms with van der Waals surface area (Å²) >= 11 is 0. The first kappa shape index (κ1) is 16.0. The van der Waals surface area contributed by atoms with Crippen molar-refractivity contribution in [1.29, 1.82) is 0 Å². The Morgan fingerprint density at radius 2 is 1.83 bits per heavy atom. The number of hydroxylamine groups is 1. The molecule has 0 aliphatic heterocycles. The Kier molecular flexibility index (Phi) is 4.47. The van der Waals surface area contributed by atoms with E-state index in [4.69, 9.17) is 4.98 Å². The summed E-state index contributed by atoms with van der Waals surface area (Å²) in [6.07, 6.45) is 1.62. The Labute approximate surface area is 142 Å². The van der Waals surface area contributed by atoms with E-state index in [9.17, 15) is 5.21 Å². The van der Waals surface area contributed by atoms with Crippen LogP contribution in [0.4, 0.5) is 5.82 Å². The van der Waals surface area contributed by atoms with Gasteiger partial charge in [0, 0.05) is 25.0 Å². The molecule has 2 aromatic carbocycles. The van der Waals surface area contributed by atoms with Crippen LogP contribution in [0.5, 0.6) is 0 Å². The van der Waals surface area contributed by atoms with Crippen LogP contribution in [0, 0.1) is 12.1 Å². The zero-order chi connectivity index (χ0) is 17.1. The minimum atomic E-state index is 0.319. The topological polar surface area (TPSA) is 42.2 Å². The normalized spacial score (nSPS) is 11.7. The summed E-state index contributed by atoms with van der Waals surface area (Å²) in [5.74, 6) is 0.792. The highest BCUT2D eigenvalue weighted by Gasteiger charge is 2.11. The monoisotopic (exact) mass is 319 g/mol. The maximum Gasteiger partial charge on any atom is 0.185 e. The van der Waals surface area contributed by atoms with Crippen LogP contribution in [-0.4, -0.2) is 30.0 Å². The summed E-state index contributed by atoms with van der Waals surface area (Å²) in [7, 11) is 3.87. The maximum atomic E-state index is 12.4. The summed E-state index contributed by atoms with van der Waals surface area (Å²) < 4.78 is 0.959. The molecule has 0 N–H and O–H groups in total. The molecule has 24 heavy (non-hydrogen) atoms. The Morgan fingerprint density at radius 1 is 1.08 bits per heavy atom. The van der Waals surface area contributed by atoms with Crippen LogP contribution in [0.25, 0.3) is 10.9 Å². The maximum absolute atomic E-state index is 12.4. The third-order valence-electron chi connectivity index (χ3n) is 3.87. The summed E-state index contributed by atoms with van der Waals surface area (Å²) in [4.78, 5) is 6.64. The Bertz CT molecular complexity index is 886. The second-order valence-electron chi connectivity index (χ2n) is 6.18. The number of rotatable bonds is 4. The summed E-state index contributed by atoms with van der Waals surface area (Å²) in [6, 6.07) is 17.9. The molecule has 0 amide bonds. The zero-order valence-electron chi connectivity index (χ0n) is 14.2. The van der Waals surface area contributed by atoms with E-state index in [1.54, 1.807) is 6.21 Å². The number of aryl methyl sites for hydroxylation is 1. The molecule has 0 radical (unpaired) electrons. The molecule has 3 rings (SSSR count). The average Bonchev–Trinajstić information content (AvgIpc) is 2.54. The highest BCUT2D eigenvalue weighted by Crippen LogP contribution is 2.22. The minimum Gasteiger partial charge on any atom is -0.624 e. The lowest BCUT2D eigenvalue weighted by Crippen LogP contribution is -2.15. The van der Waals surface area contributed by atoms with Crippen molar-refractivity contribution in [3.05, 3.63) is 76.5 Å². The fourth-order valence-corrected chi connectivity index (χ4v) is 2.72. The van der Waals surface area contributed by atoms with E-state index < -0.39 is 0 Å². The van der Waals surface area contributed by atoms with Gasteiger partial charge >= 0.3 is 0 Å². The van der Waals surface area contributed by atoms with Crippen LogP contribution in [0.3, 0.4) is 0 Å². The van der Waals surface area contributed by atoms with Crippen molar-refractivity contribution in [1.82, 2.24) is 4.98 Å². The lowest BCUT2D eigenvalue weighted by atomic mass is 10.1. The number of hydrogen-bond acceptors (Lipinski definition) is 3. The molecule has 0 atom stereocenters. The van der Waals surface area contributed by atoms with Gasteiger partial charge in [-0.2, -0.15) is 0 Å². The zero-order valence-corrected chi connectivity index (χ0v) is 14.2. The first-order chi connectivity index (χ1) is 11.5. The molecular formula is C20H21N3O. The van der Waals surface area contributed by atoms with Gasteiger partial charge in [-0.25, -0.2) is 9.72 Å². The predicted molar refractivity (Wildman–Crippen MR) is 99.7 cm³/mol. The Morgan fingerprint density at radius 3 is 2.54 bits per heavy atom. The van der Waals surface area contributed by atoms with E-state index in [-0.39, 0.29) is 0 Å². The minimum absolute atomic E-state index is 0.319. The van der Waals surface area contributed by atoms with Gasteiger partial charge in [0.15, 0.2) is 12.8 Å². The largest absolute Gasteiger partial charge is 0.624 e. The Balaban J connectivity index is 2.03. The molecule has 3 aromatic rings. The molecule has 0 aliphatic carbocycles. The average molecular weight is 319 g/mol. The van der Waals surface area contributed by atoms with Gasteiger partial charge < -0.3 is 10.1 Å². The highest BCUT2D eigenvalue weighted by atomic mass is 16.5. The smallest absolute Gasteiger partial charge is 0.185 e. The van der Waals surface area contributed by atoms with Crippen LogP contribution in [-0.2, 0) is 6.54 Å². The van der Waals surface area contributed by atoms with E-state index in [1.807, 2.05) is 67.5 Å². The molecule has 0 unspecified atom stereocenters. The summed E-state index contributed by atoms with van der Waals surface area (Å²) in [5.41, 5.74) is 3.92. The van der Waals surface area contributed by atoms with E-state index >= 15 is 0 Å². The van der Waals surface area contributed by atoms with Gasteiger partial charge in [0.1, 0.15) is 5.82 Å². The standard InChI is InChI=1S/C20H21N3O/c1-15-9-10-19-17(11-15)12-18(20(21-19)22(2)3)14-23(24)13-16-7-5-4-6-8-16/h4-12,14H,13H2,1-3H3. The van der Waals surface area contributed by atoms with Crippen molar-refractivity contribution in [3.8, 4) is 0 Å². The molecule has 0 fully saturated rings. The first-order valence-electron chi connectivity index (χ1n) is 7.94. The van der Waals surface area contributed by atoms with Crippen LogP contribution in [0.2, 0.25) is 0 Å². The van der Waals surface area contributed by atoms with E-state index in [1.165, 1.54) is 5.56 Å². The Hall–Kier alpha value is -2.88. The van der Waals surface area contributed by atoms with Crippen molar-refractivity contribution < 1.29 is 4.74 Å². The highest BCUT2D eigenvalue weighted by molar-refractivity contribution is 5.92. The summed E-state index contributed by atoms with van der Waals surface area (Å²) in [6.45, 7) is 2.37. The van der Waals surface area contributed by atoms with Gasteiger partial charge in [0.25, 0.3) is 0 Å².